The first-order valence-electron chi connectivity index (χ1n) is 14.4. The molecule has 1 heterocycles. The van der Waals surface area contributed by atoms with Gasteiger partial charge >= 0.3 is 0 Å². The summed E-state index contributed by atoms with van der Waals surface area (Å²) in [4.78, 5) is 4.65. The molecule has 1 fully saturated rings. The average molecular weight is 614 g/mol. The highest BCUT2D eigenvalue weighted by Gasteiger charge is 2.41. The van der Waals surface area contributed by atoms with Crippen molar-refractivity contribution in [3.8, 4) is 0 Å². The zero-order valence-corrected chi connectivity index (χ0v) is 26.9. The number of benzene rings is 3. The molecule has 10 heteroatoms. The van der Waals surface area contributed by atoms with Gasteiger partial charge in [-0.3, -0.25) is 14.0 Å². The van der Waals surface area contributed by atoms with Gasteiger partial charge in [0, 0.05) is 45.8 Å². The summed E-state index contributed by atoms with van der Waals surface area (Å²) in [5.74, 6) is 0. The topological polar surface area (TPSA) is 87.2 Å². The molecule has 8 nitrogen and oxygen atoms in total. The minimum absolute atomic E-state index is 0.168. The number of aryl methyl sites for hydroxylation is 3. The third kappa shape index (κ3) is 8.27. The predicted octanol–water partition coefficient (Wildman–Crippen LogP) is 4.35. The highest BCUT2D eigenvalue weighted by molar-refractivity contribution is 7.89. The zero-order valence-electron chi connectivity index (χ0n) is 25.2. The van der Waals surface area contributed by atoms with Crippen LogP contribution in [0.15, 0.2) is 77.7 Å². The fourth-order valence-corrected chi connectivity index (χ4v) is 8.77. The number of likely N-dealkylation sites (N-methyl/N-ethyl adjacent to an activating group) is 1. The van der Waals surface area contributed by atoms with Gasteiger partial charge in [-0.15, -0.1) is 0 Å². The van der Waals surface area contributed by atoms with Crippen LogP contribution >= 0.6 is 0 Å². The van der Waals surface area contributed by atoms with Crippen LogP contribution < -0.4 is 0 Å². The monoisotopic (exact) mass is 613 g/mol. The van der Waals surface area contributed by atoms with Crippen molar-refractivity contribution in [3.63, 3.8) is 0 Å². The van der Waals surface area contributed by atoms with Crippen molar-refractivity contribution in [2.24, 2.45) is 0 Å². The quantitative estimate of drug-likeness (QED) is 0.314. The lowest BCUT2D eigenvalue weighted by Crippen LogP contribution is -2.59. The SMILES string of the molecule is CCN([C@H]1CN(Cc2ccccc2)CCN(Cc2ccccc2)C[C@H]1OS(C)(=O)=O)S(=O)(=O)c1c(C)cc(C)cc1C. The van der Waals surface area contributed by atoms with Gasteiger partial charge in [0.1, 0.15) is 6.10 Å². The largest absolute Gasteiger partial charge is 0.296 e. The van der Waals surface area contributed by atoms with E-state index in [1.807, 2.05) is 93.6 Å². The van der Waals surface area contributed by atoms with Gasteiger partial charge in [-0.1, -0.05) is 85.3 Å². The second-order valence-electron chi connectivity index (χ2n) is 11.3. The highest BCUT2D eigenvalue weighted by atomic mass is 32.2. The lowest BCUT2D eigenvalue weighted by Gasteiger charge is -2.42. The van der Waals surface area contributed by atoms with Crippen LogP contribution in [0.4, 0.5) is 0 Å². The van der Waals surface area contributed by atoms with Crippen LogP contribution in [0.2, 0.25) is 0 Å². The minimum atomic E-state index is -4.00. The molecule has 3 aromatic rings. The van der Waals surface area contributed by atoms with Crippen molar-refractivity contribution in [1.29, 1.82) is 0 Å². The normalized spacial score (nSPS) is 19.5. The summed E-state index contributed by atoms with van der Waals surface area (Å²) >= 11 is 0. The van der Waals surface area contributed by atoms with E-state index in [1.165, 1.54) is 4.31 Å². The molecule has 0 saturated carbocycles. The molecular formula is C32H43N3O5S2. The molecule has 0 aromatic heterocycles. The molecule has 4 rings (SSSR count). The first kappa shape index (κ1) is 32.3. The van der Waals surface area contributed by atoms with Gasteiger partial charge in [-0.25, -0.2) is 8.42 Å². The summed E-state index contributed by atoms with van der Waals surface area (Å²) < 4.78 is 61.4. The van der Waals surface area contributed by atoms with E-state index in [9.17, 15) is 16.8 Å². The van der Waals surface area contributed by atoms with Crippen LogP contribution in [0, 0.1) is 20.8 Å². The van der Waals surface area contributed by atoms with Crippen LogP contribution in [-0.2, 0) is 37.4 Å². The summed E-state index contributed by atoms with van der Waals surface area (Å²) in [5, 5.41) is 0. The molecule has 0 N–H and O–H groups in total. The third-order valence-electron chi connectivity index (χ3n) is 7.69. The van der Waals surface area contributed by atoms with Crippen LogP contribution in [0.1, 0.15) is 34.7 Å². The van der Waals surface area contributed by atoms with Crippen LogP contribution in [0.25, 0.3) is 0 Å². The summed E-state index contributed by atoms with van der Waals surface area (Å²) in [6.45, 7) is 10.7. The van der Waals surface area contributed by atoms with Gasteiger partial charge < -0.3 is 0 Å². The Hall–Kier alpha value is -2.60. The van der Waals surface area contributed by atoms with E-state index in [1.54, 1.807) is 6.92 Å². The second-order valence-corrected chi connectivity index (χ2v) is 14.7. The van der Waals surface area contributed by atoms with Crippen molar-refractivity contribution < 1.29 is 21.0 Å². The summed E-state index contributed by atoms with van der Waals surface area (Å²) in [6.07, 6.45) is 0.119. The molecule has 1 aliphatic heterocycles. The predicted molar refractivity (Wildman–Crippen MR) is 167 cm³/mol. The Labute approximate surface area is 252 Å². The van der Waals surface area contributed by atoms with Crippen LogP contribution in [0.3, 0.4) is 0 Å². The van der Waals surface area contributed by atoms with Gasteiger partial charge in [-0.2, -0.15) is 12.7 Å². The van der Waals surface area contributed by atoms with Gasteiger partial charge in [-0.05, 0) is 43.0 Å². The smallest absolute Gasteiger partial charge is 0.264 e. The molecule has 0 spiro atoms. The maximum Gasteiger partial charge on any atom is 0.264 e. The van der Waals surface area contributed by atoms with E-state index >= 15 is 0 Å². The fourth-order valence-electron chi connectivity index (χ4n) is 6.06. The molecule has 228 valence electrons. The number of hydrogen-bond acceptors (Lipinski definition) is 7. The van der Waals surface area contributed by atoms with Gasteiger partial charge in [0.2, 0.25) is 10.0 Å². The zero-order chi connectivity index (χ0) is 30.5. The Morgan fingerprint density at radius 1 is 0.786 bits per heavy atom. The standard InChI is InChI=1S/C32H43N3O5S2/c1-6-35(42(38,39)32-26(3)19-25(2)20-27(32)4)30-23-33(21-28-13-9-7-10-14-28)17-18-34(22-29-15-11-8-12-16-29)24-31(30)40-41(5,36)37/h7-16,19-20,30-31H,6,17-18,21-24H2,1-5H3/t30-,31+/m0/s1. The molecule has 0 aliphatic carbocycles. The molecule has 1 saturated heterocycles. The van der Waals surface area contributed by atoms with E-state index in [2.05, 4.69) is 9.80 Å². The molecule has 0 unspecified atom stereocenters. The van der Waals surface area contributed by atoms with Crippen molar-refractivity contribution in [2.75, 3.05) is 39.0 Å². The Kier molecular flexibility index (Phi) is 10.6. The van der Waals surface area contributed by atoms with E-state index in [-0.39, 0.29) is 18.0 Å². The Bertz CT molecular complexity index is 1520. The molecule has 3 aromatic carbocycles. The summed E-state index contributed by atoms with van der Waals surface area (Å²) in [7, 11) is -7.90. The maximum absolute atomic E-state index is 14.5. The molecule has 42 heavy (non-hydrogen) atoms. The molecule has 0 amide bonds. The van der Waals surface area contributed by atoms with Gasteiger partial charge in [0.25, 0.3) is 10.1 Å². The van der Waals surface area contributed by atoms with Crippen molar-refractivity contribution in [1.82, 2.24) is 14.1 Å². The summed E-state index contributed by atoms with van der Waals surface area (Å²) in [6, 6.07) is 23.0. The first-order chi connectivity index (χ1) is 19.9. The van der Waals surface area contributed by atoms with Crippen molar-refractivity contribution in [3.05, 3.63) is 101 Å². The van der Waals surface area contributed by atoms with Crippen molar-refractivity contribution >= 4 is 20.1 Å². The molecule has 2 atom stereocenters. The summed E-state index contributed by atoms with van der Waals surface area (Å²) in [5.41, 5.74) is 4.52. The fraction of sp³-hybridized carbons (Fsp3) is 0.438. The Balaban J connectivity index is 1.80. The third-order valence-corrected chi connectivity index (χ3v) is 10.6. The van der Waals surface area contributed by atoms with E-state index < -0.39 is 32.3 Å². The highest BCUT2D eigenvalue weighted by Crippen LogP contribution is 2.29. The lowest BCUT2D eigenvalue weighted by molar-refractivity contribution is 0.0291. The van der Waals surface area contributed by atoms with Crippen LogP contribution in [-0.4, -0.2) is 82.1 Å². The number of hydrogen-bond donors (Lipinski definition) is 0. The number of sulfonamides is 1. The minimum Gasteiger partial charge on any atom is -0.296 e. The Morgan fingerprint density at radius 3 is 1.71 bits per heavy atom. The van der Waals surface area contributed by atoms with Crippen LogP contribution in [0.5, 0.6) is 0 Å². The van der Waals surface area contributed by atoms with Gasteiger partial charge in [0.05, 0.1) is 17.2 Å². The Morgan fingerprint density at radius 2 is 1.26 bits per heavy atom. The first-order valence-corrected chi connectivity index (χ1v) is 17.6. The molecule has 0 bridgehead atoms. The maximum atomic E-state index is 14.5. The number of nitrogens with zero attached hydrogens (tertiary/aromatic N) is 3. The second kappa shape index (κ2) is 13.8. The average Bonchev–Trinajstić information content (AvgIpc) is 2.89. The van der Waals surface area contributed by atoms with Crippen molar-refractivity contribution in [2.45, 2.75) is 57.8 Å². The van der Waals surface area contributed by atoms with E-state index in [0.29, 0.717) is 43.9 Å². The molecule has 1 aliphatic rings. The van der Waals surface area contributed by atoms with E-state index in [4.69, 9.17) is 4.18 Å². The molecule has 0 radical (unpaired) electrons. The van der Waals surface area contributed by atoms with E-state index in [0.717, 1.165) is 22.9 Å². The number of rotatable bonds is 10. The lowest BCUT2D eigenvalue weighted by atomic mass is 10.1. The molecular weight excluding hydrogens is 571 g/mol. The van der Waals surface area contributed by atoms with Gasteiger partial charge in [0.15, 0.2) is 0 Å².